The molecule has 0 radical (unpaired) electrons. The van der Waals surface area contributed by atoms with Crippen molar-refractivity contribution in [3.63, 3.8) is 0 Å². The number of ketones is 1. The van der Waals surface area contributed by atoms with Crippen molar-refractivity contribution in [1.82, 2.24) is 19.7 Å². The molecule has 0 aliphatic carbocycles. The number of carbonyl (C=O) groups excluding carboxylic acids is 1. The number of aliphatic hydroxyl groups excluding tert-OH is 1. The monoisotopic (exact) mass is 544 g/mol. The van der Waals surface area contributed by atoms with Crippen LogP contribution in [0.1, 0.15) is 33.6 Å². The first-order chi connectivity index (χ1) is 19.4. The van der Waals surface area contributed by atoms with E-state index in [-0.39, 0.29) is 29.7 Å². The Bertz CT molecular complexity index is 1740. The molecule has 1 aliphatic heterocycles. The topological polar surface area (TPSA) is 122 Å². The Morgan fingerprint density at radius 2 is 1.95 bits per heavy atom. The van der Waals surface area contributed by atoms with Crippen LogP contribution in [0.15, 0.2) is 54.9 Å². The van der Waals surface area contributed by atoms with Crippen LogP contribution in [0.4, 0.5) is 20.3 Å². The molecule has 9 nitrogen and oxygen atoms in total. The first kappa shape index (κ1) is 25.5. The van der Waals surface area contributed by atoms with Gasteiger partial charge in [0.1, 0.15) is 5.82 Å². The molecular formula is C29H26F2N6O3. The summed E-state index contributed by atoms with van der Waals surface area (Å²) in [4.78, 5) is 23.0. The number of para-hydroxylation sites is 1. The highest BCUT2D eigenvalue weighted by molar-refractivity contribution is 6.13. The second-order valence-electron chi connectivity index (χ2n) is 9.67. The normalized spacial score (nSPS) is 13.1. The Kier molecular flexibility index (Phi) is 6.43. The summed E-state index contributed by atoms with van der Waals surface area (Å²) in [5.74, 6) is -2.43. The van der Waals surface area contributed by atoms with Gasteiger partial charge in [-0.05, 0) is 61.2 Å². The number of β-amino-alcohol motifs (C(OH)–C–C–N with tert-alkyl or cyclic N) is 1. The number of halogens is 2. The largest absolute Gasteiger partial charge is 0.433 e. The number of hydrogen-bond acceptors (Lipinski definition) is 7. The lowest BCUT2D eigenvalue weighted by Crippen LogP contribution is -2.31. The molecule has 4 N–H and O–H groups in total. The summed E-state index contributed by atoms with van der Waals surface area (Å²) < 4.78 is 34.7. The minimum Gasteiger partial charge on any atom is -0.433 e. The third-order valence-corrected chi connectivity index (χ3v) is 7.16. The van der Waals surface area contributed by atoms with Crippen LogP contribution in [0.25, 0.3) is 16.6 Å². The van der Waals surface area contributed by atoms with Gasteiger partial charge in [0.05, 0.1) is 35.9 Å². The molecule has 0 bridgehead atoms. The Hall–Kier alpha value is -4.77. The molecule has 2 aromatic carbocycles. The number of aromatic nitrogens is 4. The van der Waals surface area contributed by atoms with Gasteiger partial charge in [-0.3, -0.25) is 4.79 Å². The van der Waals surface area contributed by atoms with E-state index in [4.69, 9.17) is 10.5 Å². The minimum absolute atomic E-state index is 0.00811. The molecule has 0 atom stereocenters. The van der Waals surface area contributed by atoms with Crippen molar-refractivity contribution in [3.05, 3.63) is 88.9 Å². The zero-order valence-electron chi connectivity index (χ0n) is 21.6. The van der Waals surface area contributed by atoms with Crippen molar-refractivity contribution >= 4 is 28.2 Å². The van der Waals surface area contributed by atoms with Gasteiger partial charge in [-0.2, -0.15) is 5.10 Å². The summed E-state index contributed by atoms with van der Waals surface area (Å²) in [5, 5.41) is 14.7. The molecule has 0 fully saturated rings. The summed E-state index contributed by atoms with van der Waals surface area (Å²) in [5.41, 5.74) is 11.1. The number of nitrogens with two attached hydrogens (primary N) is 1. The maximum absolute atomic E-state index is 14.0. The van der Waals surface area contributed by atoms with Gasteiger partial charge in [-0.1, -0.05) is 6.07 Å². The first-order valence-corrected chi connectivity index (χ1v) is 12.8. The van der Waals surface area contributed by atoms with Gasteiger partial charge in [-0.25, -0.2) is 18.4 Å². The molecule has 0 unspecified atom stereocenters. The average molecular weight is 545 g/mol. The highest BCUT2D eigenvalue weighted by Gasteiger charge is 2.24. The van der Waals surface area contributed by atoms with Crippen LogP contribution in [0, 0.1) is 18.6 Å². The van der Waals surface area contributed by atoms with Crippen molar-refractivity contribution < 1.29 is 23.4 Å². The number of anilines is 2. The van der Waals surface area contributed by atoms with E-state index < -0.39 is 17.4 Å². The maximum Gasteiger partial charge on any atom is 0.219 e. The van der Waals surface area contributed by atoms with Crippen LogP contribution in [-0.4, -0.2) is 50.3 Å². The number of nitrogens with one attached hydrogen (secondary N) is 1. The van der Waals surface area contributed by atoms with E-state index in [0.717, 1.165) is 53.7 Å². The van der Waals surface area contributed by atoms with E-state index in [0.29, 0.717) is 23.5 Å². The molecule has 1 aliphatic rings. The van der Waals surface area contributed by atoms with Crippen LogP contribution in [-0.2, 0) is 6.42 Å². The maximum atomic E-state index is 14.0. The number of H-pyrrole nitrogens is 1. The summed E-state index contributed by atoms with van der Waals surface area (Å²) in [7, 11) is 0. The smallest absolute Gasteiger partial charge is 0.219 e. The molecule has 6 rings (SSSR count). The molecule has 0 amide bonds. The predicted octanol–water partition coefficient (Wildman–Crippen LogP) is 4.69. The van der Waals surface area contributed by atoms with E-state index in [1.54, 1.807) is 6.92 Å². The number of fused-ring (bicyclic) bond motifs is 3. The van der Waals surface area contributed by atoms with E-state index in [1.165, 1.54) is 29.2 Å². The van der Waals surface area contributed by atoms with Gasteiger partial charge < -0.3 is 25.5 Å². The standard InChI is InChI=1S/C29H26F2N6O3/c1-16-12-26(40-28-20(30)5-2-6-21(28)31)33-15-25(16)37-29(32)19(14-34-37)27(39)23-13-18-17-4-3-9-36(10-11-38)24(17)8-7-22(18)35-23/h2,5-8,12-15,35,38H,3-4,9-11,32H2,1H3. The quantitative estimate of drug-likeness (QED) is 0.254. The molecule has 0 saturated heterocycles. The van der Waals surface area contributed by atoms with Crippen LogP contribution in [0.2, 0.25) is 0 Å². The predicted molar refractivity (Wildman–Crippen MR) is 146 cm³/mol. The van der Waals surface area contributed by atoms with Crippen LogP contribution in [0.5, 0.6) is 11.6 Å². The van der Waals surface area contributed by atoms with Crippen molar-refractivity contribution in [2.45, 2.75) is 19.8 Å². The van der Waals surface area contributed by atoms with Crippen molar-refractivity contribution in [1.29, 1.82) is 0 Å². The molecule has 0 saturated carbocycles. The fourth-order valence-electron chi connectivity index (χ4n) is 5.21. The summed E-state index contributed by atoms with van der Waals surface area (Å²) in [6.45, 7) is 3.26. The van der Waals surface area contributed by atoms with Gasteiger partial charge in [0.25, 0.3) is 0 Å². The van der Waals surface area contributed by atoms with Crippen molar-refractivity contribution in [2.24, 2.45) is 0 Å². The molecule has 40 heavy (non-hydrogen) atoms. The van der Waals surface area contributed by atoms with E-state index >= 15 is 0 Å². The molecule has 0 spiro atoms. The van der Waals surface area contributed by atoms with Gasteiger partial charge in [0.2, 0.25) is 17.4 Å². The molecule has 11 heteroatoms. The van der Waals surface area contributed by atoms with Crippen LogP contribution < -0.4 is 15.4 Å². The number of aromatic amines is 1. The fraction of sp³-hybridized carbons (Fsp3) is 0.207. The Labute approximate surface area is 227 Å². The van der Waals surface area contributed by atoms with Crippen molar-refractivity contribution in [3.8, 4) is 17.3 Å². The zero-order valence-corrected chi connectivity index (χ0v) is 21.6. The molecular weight excluding hydrogens is 518 g/mol. The van der Waals surface area contributed by atoms with Gasteiger partial charge in [0.15, 0.2) is 11.6 Å². The number of aliphatic hydroxyl groups is 1. The lowest BCUT2D eigenvalue weighted by Gasteiger charge is -2.31. The SMILES string of the molecule is Cc1cc(Oc2c(F)cccc2F)ncc1-n1ncc(C(=O)c2cc3c4c(ccc3[nH]2)N(CCO)CCC4)c1N. The third kappa shape index (κ3) is 4.34. The Morgan fingerprint density at radius 3 is 2.70 bits per heavy atom. The van der Waals surface area contributed by atoms with Gasteiger partial charge in [0, 0.05) is 35.7 Å². The van der Waals surface area contributed by atoms with Gasteiger partial charge in [-0.15, -0.1) is 0 Å². The highest BCUT2D eigenvalue weighted by Crippen LogP contribution is 2.35. The summed E-state index contributed by atoms with van der Waals surface area (Å²) in [6.07, 6.45) is 4.66. The molecule has 3 aromatic heterocycles. The van der Waals surface area contributed by atoms with E-state index in [1.807, 2.05) is 18.2 Å². The number of nitrogens with zero attached hydrogens (tertiary/aromatic N) is 4. The number of benzene rings is 2. The Balaban J connectivity index is 1.29. The zero-order chi connectivity index (χ0) is 28.0. The lowest BCUT2D eigenvalue weighted by molar-refractivity contribution is 0.103. The molecule has 4 heterocycles. The summed E-state index contributed by atoms with van der Waals surface area (Å²) >= 11 is 0. The number of rotatable bonds is 7. The van der Waals surface area contributed by atoms with Crippen LogP contribution in [0.3, 0.4) is 0 Å². The van der Waals surface area contributed by atoms with E-state index in [9.17, 15) is 18.7 Å². The molecule has 204 valence electrons. The van der Waals surface area contributed by atoms with Gasteiger partial charge >= 0.3 is 0 Å². The number of carbonyl (C=O) groups is 1. The number of aryl methyl sites for hydroxylation is 2. The fourth-order valence-corrected chi connectivity index (χ4v) is 5.21. The third-order valence-electron chi connectivity index (χ3n) is 7.16. The molecule has 5 aromatic rings. The summed E-state index contributed by atoms with van der Waals surface area (Å²) in [6, 6.07) is 10.7. The second-order valence-corrected chi connectivity index (χ2v) is 9.67. The number of pyridine rings is 1. The number of hydrogen-bond donors (Lipinski definition) is 3. The Morgan fingerprint density at radius 1 is 1.15 bits per heavy atom. The number of ether oxygens (including phenoxy) is 1. The lowest BCUT2D eigenvalue weighted by atomic mass is 9.97. The second kappa shape index (κ2) is 10.1. The highest BCUT2D eigenvalue weighted by atomic mass is 19.1. The van der Waals surface area contributed by atoms with Crippen LogP contribution >= 0.6 is 0 Å². The first-order valence-electron chi connectivity index (χ1n) is 12.8. The van der Waals surface area contributed by atoms with Crippen molar-refractivity contribution in [2.75, 3.05) is 30.3 Å². The minimum atomic E-state index is -0.844. The average Bonchev–Trinajstić information content (AvgIpc) is 3.55. The number of nitrogen functional groups attached to an aromatic ring is 1. The van der Waals surface area contributed by atoms with E-state index in [2.05, 4.69) is 20.0 Å².